The molecule has 0 radical (unpaired) electrons. The van der Waals surface area contributed by atoms with Gasteiger partial charge in [-0.3, -0.25) is 0 Å². The molecule has 1 saturated heterocycles. The number of hydrogen-bond donors (Lipinski definition) is 6. The first-order valence-electron chi connectivity index (χ1n) is 7.04. The van der Waals surface area contributed by atoms with Crippen molar-refractivity contribution in [1.29, 1.82) is 0 Å². The maximum atomic E-state index is 11.8. The second-order valence-corrected chi connectivity index (χ2v) is 5.21. The summed E-state index contributed by atoms with van der Waals surface area (Å²) in [6.45, 7) is -0.625. The van der Waals surface area contributed by atoms with Gasteiger partial charge in [0.15, 0.2) is 23.9 Å². The first kappa shape index (κ1) is 18.2. The zero-order valence-corrected chi connectivity index (χ0v) is 12.4. The average Bonchev–Trinajstić information content (AvgIpc) is 2.56. The molecule has 1 fully saturated rings. The van der Waals surface area contributed by atoms with Crippen molar-refractivity contribution in [2.45, 2.75) is 30.7 Å². The topological polar surface area (TPSA) is 157 Å². The number of aromatic hydroxyl groups is 2. The fourth-order valence-electron chi connectivity index (χ4n) is 2.18. The van der Waals surface area contributed by atoms with Gasteiger partial charge < -0.3 is 40.1 Å². The van der Waals surface area contributed by atoms with Crippen molar-refractivity contribution in [3.63, 3.8) is 0 Å². The lowest BCUT2D eigenvalue weighted by Crippen LogP contribution is -2.59. The Hall–Kier alpha value is -2.17. The van der Waals surface area contributed by atoms with Gasteiger partial charge in [-0.25, -0.2) is 4.79 Å². The van der Waals surface area contributed by atoms with Gasteiger partial charge in [-0.2, -0.15) is 0 Å². The molecule has 0 saturated carbocycles. The van der Waals surface area contributed by atoms with Crippen LogP contribution in [0.25, 0.3) is 6.08 Å². The average molecular weight is 342 g/mol. The minimum absolute atomic E-state index is 0.312. The molecule has 132 valence electrons. The van der Waals surface area contributed by atoms with E-state index in [-0.39, 0.29) is 11.5 Å². The van der Waals surface area contributed by atoms with Crippen LogP contribution in [0.15, 0.2) is 24.3 Å². The number of carbonyl (C=O) groups excluding carboxylic acids is 1. The van der Waals surface area contributed by atoms with Crippen LogP contribution in [0.3, 0.4) is 0 Å². The number of hydrogen-bond acceptors (Lipinski definition) is 9. The van der Waals surface area contributed by atoms with Crippen LogP contribution in [0.1, 0.15) is 5.56 Å². The summed E-state index contributed by atoms with van der Waals surface area (Å²) in [5.41, 5.74) is 0.392. The quantitative estimate of drug-likeness (QED) is 0.217. The van der Waals surface area contributed by atoms with E-state index in [1.807, 2.05) is 0 Å². The van der Waals surface area contributed by atoms with E-state index >= 15 is 0 Å². The number of esters is 1. The summed E-state index contributed by atoms with van der Waals surface area (Å²) in [4.78, 5) is 11.8. The Bertz CT molecular complexity index is 615. The largest absolute Gasteiger partial charge is 0.504 e. The van der Waals surface area contributed by atoms with E-state index < -0.39 is 43.3 Å². The molecular weight excluding hydrogens is 324 g/mol. The van der Waals surface area contributed by atoms with Crippen LogP contribution in [0, 0.1) is 0 Å². The Balaban J connectivity index is 2.00. The number of ether oxygens (including phenoxy) is 2. The molecule has 1 heterocycles. The second kappa shape index (κ2) is 7.60. The lowest BCUT2D eigenvalue weighted by molar-refractivity contribution is -0.289. The molecule has 24 heavy (non-hydrogen) atoms. The van der Waals surface area contributed by atoms with Gasteiger partial charge in [0.25, 0.3) is 0 Å². The van der Waals surface area contributed by atoms with E-state index in [1.165, 1.54) is 24.3 Å². The highest BCUT2D eigenvalue weighted by Crippen LogP contribution is 2.26. The number of carbonyl (C=O) groups is 1. The predicted octanol–water partition coefficient (Wildman–Crippen LogP) is -1.55. The molecule has 1 aliphatic heterocycles. The van der Waals surface area contributed by atoms with Crippen LogP contribution < -0.4 is 0 Å². The molecule has 0 bridgehead atoms. The molecule has 2 rings (SSSR count). The molecule has 1 aromatic carbocycles. The number of benzene rings is 1. The summed E-state index contributed by atoms with van der Waals surface area (Å²) in [5, 5.41) is 56.7. The van der Waals surface area contributed by atoms with Crippen molar-refractivity contribution in [3.05, 3.63) is 29.8 Å². The molecule has 0 aromatic heterocycles. The van der Waals surface area contributed by atoms with E-state index in [2.05, 4.69) is 0 Å². The van der Waals surface area contributed by atoms with Gasteiger partial charge in [-0.15, -0.1) is 0 Å². The monoisotopic (exact) mass is 342 g/mol. The number of phenols is 2. The van der Waals surface area contributed by atoms with E-state index in [9.17, 15) is 30.3 Å². The Kier molecular flexibility index (Phi) is 5.75. The number of phenolic OH excluding ortho intramolecular Hbond substituents is 2. The SMILES string of the molecule is O=C(/C=C/c1ccc(O)c(O)c1)O[C@@H]1[C@@H](O)[C@H](O)[C@@H](CO)O[C@@H]1O. The van der Waals surface area contributed by atoms with Crippen molar-refractivity contribution >= 4 is 12.0 Å². The van der Waals surface area contributed by atoms with Gasteiger partial charge in [0.2, 0.25) is 0 Å². The number of rotatable bonds is 4. The number of aliphatic hydroxyl groups is 4. The minimum atomic E-state index is -1.71. The van der Waals surface area contributed by atoms with Crippen LogP contribution >= 0.6 is 0 Å². The van der Waals surface area contributed by atoms with E-state index in [1.54, 1.807) is 0 Å². The lowest BCUT2D eigenvalue weighted by atomic mass is 9.99. The van der Waals surface area contributed by atoms with Crippen molar-refractivity contribution in [3.8, 4) is 11.5 Å². The standard InChI is InChI=1S/C15H18O9/c16-6-10-12(20)13(21)14(15(22)23-10)24-11(19)4-2-7-1-3-8(17)9(18)5-7/h1-5,10,12-18,20-22H,6H2/b4-2+/t10-,12-,13+,14-,15+/m1/s1. The Morgan fingerprint density at radius 3 is 2.50 bits per heavy atom. The molecular formula is C15H18O9. The van der Waals surface area contributed by atoms with Crippen LogP contribution in [0.5, 0.6) is 11.5 Å². The third-order valence-corrected chi connectivity index (χ3v) is 3.51. The zero-order valence-electron chi connectivity index (χ0n) is 12.4. The zero-order chi connectivity index (χ0) is 17.9. The van der Waals surface area contributed by atoms with Crippen molar-refractivity contribution in [2.75, 3.05) is 6.61 Å². The fourth-order valence-corrected chi connectivity index (χ4v) is 2.18. The van der Waals surface area contributed by atoms with Gasteiger partial charge >= 0.3 is 5.97 Å². The van der Waals surface area contributed by atoms with Gasteiger partial charge in [0.05, 0.1) is 6.61 Å². The molecule has 9 heteroatoms. The highest BCUT2D eigenvalue weighted by molar-refractivity contribution is 5.87. The van der Waals surface area contributed by atoms with E-state index in [0.717, 1.165) is 6.08 Å². The maximum Gasteiger partial charge on any atom is 0.331 e. The van der Waals surface area contributed by atoms with Crippen LogP contribution in [-0.2, 0) is 14.3 Å². The fraction of sp³-hybridized carbons (Fsp3) is 0.400. The maximum absolute atomic E-state index is 11.8. The van der Waals surface area contributed by atoms with Gasteiger partial charge in [-0.05, 0) is 23.8 Å². The summed E-state index contributed by atoms with van der Waals surface area (Å²) < 4.78 is 9.71. The first-order chi connectivity index (χ1) is 11.3. The van der Waals surface area contributed by atoms with Crippen molar-refractivity contribution < 1.29 is 44.9 Å². The van der Waals surface area contributed by atoms with Gasteiger partial charge in [0, 0.05) is 6.08 Å². The summed E-state index contributed by atoms with van der Waals surface area (Å²) in [7, 11) is 0. The molecule has 0 amide bonds. The molecule has 5 atom stereocenters. The number of aliphatic hydroxyl groups excluding tert-OH is 4. The highest BCUT2D eigenvalue weighted by Gasteiger charge is 2.45. The summed E-state index contributed by atoms with van der Waals surface area (Å²) in [5.74, 6) is -1.62. The minimum Gasteiger partial charge on any atom is -0.504 e. The Morgan fingerprint density at radius 1 is 1.17 bits per heavy atom. The molecule has 0 spiro atoms. The molecule has 0 unspecified atom stereocenters. The lowest BCUT2D eigenvalue weighted by Gasteiger charge is -2.39. The Morgan fingerprint density at radius 2 is 1.88 bits per heavy atom. The van der Waals surface area contributed by atoms with E-state index in [4.69, 9.17) is 14.6 Å². The predicted molar refractivity (Wildman–Crippen MR) is 78.7 cm³/mol. The third-order valence-electron chi connectivity index (χ3n) is 3.51. The molecule has 0 aliphatic carbocycles. The summed E-state index contributed by atoms with van der Waals surface area (Å²) >= 11 is 0. The molecule has 9 nitrogen and oxygen atoms in total. The summed E-state index contributed by atoms with van der Waals surface area (Å²) in [6.07, 6.45) is -5.37. The van der Waals surface area contributed by atoms with Crippen molar-refractivity contribution in [1.82, 2.24) is 0 Å². The first-order valence-corrected chi connectivity index (χ1v) is 7.04. The van der Waals surface area contributed by atoms with Crippen molar-refractivity contribution in [2.24, 2.45) is 0 Å². The van der Waals surface area contributed by atoms with Crippen LogP contribution in [0.2, 0.25) is 0 Å². The molecule has 6 N–H and O–H groups in total. The smallest absolute Gasteiger partial charge is 0.331 e. The molecule has 1 aliphatic rings. The van der Waals surface area contributed by atoms with Crippen LogP contribution in [0.4, 0.5) is 0 Å². The normalized spacial score (nSPS) is 30.4. The summed E-state index contributed by atoms with van der Waals surface area (Å²) in [6, 6.07) is 3.87. The van der Waals surface area contributed by atoms with E-state index in [0.29, 0.717) is 5.56 Å². The highest BCUT2D eigenvalue weighted by atomic mass is 16.7. The van der Waals surface area contributed by atoms with Gasteiger partial charge in [-0.1, -0.05) is 6.07 Å². The Labute approximate surface area is 136 Å². The van der Waals surface area contributed by atoms with Gasteiger partial charge in [0.1, 0.15) is 18.3 Å². The molecule has 1 aromatic rings. The second-order valence-electron chi connectivity index (χ2n) is 5.21. The third kappa shape index (κ3) is 4.02. The van der Waals surface area contributed by atoms with Crippen LogP contribution in [-0.4, -0.2) is 73.9 Å².